The maximum Gasteiger partial charge on any atom is 0.0471 e. The summed E-state index contributed by atoms with van der Waals surface area (Å²) < 4.78 is 0. The van der Waals surface area contributed by atoms with E-state index in [0.717, 1.165) is 12.8 Å². The van der Waals surface area contributed by atoms with E-state index in [9.17, 15) is 5.11 Å². The van der Waals surface area contributed by atoms with Gasteiger partial charge in [0.05, 0.1) is 0 Å². The molecule has 0 radical (unpaired) electrons. The van der Waals surface area contributed by atoms with Gasteiger partial charge in [-0.2, -0.15) is 0 Å². The summed E-state index contributed by atoms with van der Waals surface area (Å²) in [5, 5.41) is 12.0. The molecule has 0 amide bonds. The summed E-state index contributed by atoms with van der Waals surface area (Å²) in [6, 6.07) is 13.0. The third kappa shape index (κ3) is 4.84. The monoisotopic (exact) mass is 298 g/mol. The van der Waals surface area contributed by atoms with Crippen molar-refractivity contribution in [2.75, 3.05) is 6.61 Å². The first-order chi connectivity index (χ1) is 10.9. The van der Waals surface area contributed by atoms with Crippen LogP contribution in [0.2, 0.25) is 0 Å². The van der Waals surface area contributed by atoms with Crippen LogP contribution in [0.15, 0.2) is 36.4 Å². The molecule has 0 atom stereocenters. The van der Waals surface area contributed by atoms with Gasteiger partial charge in [0.1, 0.15) is 0 Å². The topological polar surface area (TPSA) is 20.2 Å². The Morgan fingerprint density at radius 3 is 2.27 bits per heavy atom. The van der Waals surface area contributed by atoms with Crippen LogP contribution in [0.25, 0.3) is 10.8 Å². The SMILES string of the molecule is CCCCCCCCCc1ccc2ccccc2c1CCO. The Morgan fingerprint density at radius 2 is 1.50 bits per heavy atom. The summed E-state index contributed by atoms with van der Waals surface area (Å²) in [6.07, 6.45) is 11.4. The van der Waals surface area contributed by atoms with Gasteiger partial charge in [0.2, 0.25) is 0 Å². The molecule has 0 aliphatic carbocycles. The summed E-state index contributed by atoms with van der Waals surface area (Å²) >= 11 is 0. The van der Waals surface area contributed by atoms with Gasteiger partial charge >= 0.3 is 0 Å². The molecule has 0 saturated heterocycles. The van der Waals surface area contributed by atoms with Gasteiger partial charge in [-0.25, -0.2) is 0 Å². The number of aliphatic hydroxyl groups is 1. The fraction of sp³-hybridized carbons (Fsp3) is 0.524. The number of rotatable bonds is 10. The van der Waals surface area contributed by atoms with Crippen LogP contribution >= 0.6 is 0 Å². The maximum absolute atomic E-state index is 9.40. The van der Waals surface area contributed by atoms with E-state index in [1.165, 1.54) is 66.8 Å². The highest BCUT2D eigenvalue weighted by molar-refractivity contribution is 5.86. The highest BCUT2D eigenvalue weighted by Crippen LogP contribution is 2.24. The Balaban J connectivity index is 1.94. The van der Waals surface area contributed by atoms with E-state index in [4.69, 9.17) is 0 Å². The first kappa shape index (κ1) is 17.0. The zero-order valence-corrected chi connectivity index (χ0v) is 14.0. The average molecular weight is 298 g/mol. The third-order valence-electron chi connectivity index (χ3n) is 4.55. The van der Waals surface area contributed by atoms with Gasteiger partial charge in [0, 0.05) is 6.61 Å². The van der Waals surface area contributed by atoms with E-state index >= 15 is 0 Å². The predicted octanol–water partition coefficient (Wildman–Crippen LogP) is 5.67. The number of hydrogen-bond acceptors (Lipinski definition) is 1. The van der Waals surface area contributed by atoms with Crippen LogP contribution in [0.3, 0.4) is 0 Å². The minimum Gasteiger partial charge on any atom is -0.396 e. The van der Waals surface area contributed by atoms with E-state index in [-0.39, 0.29) is 6.61 Å². The smallest absolute Gasteiger partial charge is 0.0471 e. The highest BCUT2D eigenvalue weighted by atomic mass is 16.2. The standard InChI is InChI=1S/C21H30O/c1-2-3-4-5-6-7-8-11-19-15-14-18-12-9-10-13-20(18)21(19)16-17-22/h9-10,12-15,22H,2-8,11,16-17H2,1H3. The lowest BCUT2D eigenvalue weighted by atomic mass is 9.93. The minimum atomic E-state index is 0.234. The molecule has 1 nitrogen and oxygen atoms in total. The zero-order valence-electron chi connectivity index (χ0n) is 14.0. The van der Waals surface area contributed by atoms with Crippen molar-refractivity contribution in [1.29, 1.82) is 0 Å². The maximum atomic E-state index is 9.40. The first-order valence-electron chi connectivity index (χ1n) is 8.97. The van der Waals surface area contributed by atoms with E-state index < -0.39 is 0 Å². The van der Waals surface area contributed by atoms with Crippen molar-refractivity contribution in [3.8, 4) is 0 Å². The molecule has 22 heavy (non-hydrogen) atoms. The van der Waals surface area contributed by atoms with Crippen molar-refractivity contribution >= 4 is 10.8 Å². The van der Waals surface area contributed by atoms with Crippen LogP contribution < -0.4 is 0 Å². The molecule has 0 aliphatic rings. The Bertz CT molecular complexity index is 559. The quantitative estimate of drug-likeness (QED) is 0.560. The summed E-state index contributed by atoms with van der Waals surface area (Å²) in [4.78, 5) is 0. The molecule has 2 aromatic rings. The molecule has 120 valence electrons. The van der Waals surface area contributed by atoms with Gasteiger partial charge in [-0.05, 0) is 41.2 Å². The summed E-state index contributed by atoms with van der Waals surface area (Å²) in [6.45, 7) is 2.50. The molecule has 0 fully saturated rings. The Hall–Kier alpha value is -1.34. The van der Waals surface area contributed by atoms with E-state index in [1.807, 2.05) is 0 Å². The summed E-state index contributed by atoms with van der Waals surface area (Å²) in [5.41, 5.74) is 2.79. The van der Waals surface area contributed by atoms with Crippen LogP contribution in [0.4, 0.5) is 0 Å². The Kier molecular flexibility index (Phi) is 7.45. The van der Waals surface area contributed by atoms with E-state index in [1.54, 1.807) is 0 Å². The number of benzene rings is 2. The van der Waals surface area contributed by atoms with Gasteiger partial charge in [-0.15, -0.1) is 0 Å². The second-order valence-electron chi connectivity index (χ2n) is 6.27. The largest absolute Gasteiger partial charge is 0.396 e. The molecule has 0 saturated carbocycles. The molecule has 0 bridgehead atoms. The first-order valence-corrected chi connectivity index (χ1v) is 8.97. The van der Waals surface area contributed by atoms with Crippen molar-refractivity contribution in [1.82, 2.24) is 0 Å². The molecular formula is C21H30O. The van der Waals surface area contributed by atoms with Crippen molar-refractivity contribution in [2.45, 2.75) is 64.7 Å². The normalized spacial score (nSPS) is 11.2. The van der Waals surface area contributed by atoms with Gasteiger partial charge in [0.25, 0.3) is 0 Å². The van der Waals surface area contributed by atoms with Crippen LogP contribution in [-0.4, -0.2) is 11.7 Å². The third-order valence-corrected chi connectivity index (χ3v) is 4.55. The van der Waals surface area contributed by atoms with Crippen molar-refractivity contribution in [2.24, 2.45) is 0 Å². The Labute approximate surface area is 135 Å². The molecule has 0 aliphatic heterocycles. The number of fused-ring (bicyclic) bond motifs is 1. The molecule has 0 heterocycles. The second kappa shape index (κ2) is 9.63. The number of aryl methyl sites for hydroxylation is 1. The second-order valence-corrected chi connectivity index (χ2v) is 6.27. The van der Waals surface area contributed by atoms with Gasteiger partial charge in [-0.1, -0.05) is 81.8 Å². The van der Waals surface area contributed by atoms with Crippen LogP contribution in [0, 0.1) is 0 Å². The molecule has 0 aromatic heterocycles. The lowest BCUT2D eigenvalue weighted by molar-refractivity contribution is 0.299. The lowest BCUT2D eigenvalue weighted by Crippen LogP contribution is -1.99. The molecule has 2 aromatic carbocycles. The van der Waals surface area contributed by atoms with Gasteiger partial charge < -0.3 is 5.11 Å². The summed E-state index contributed by atoms with van der Waals surface area (Å²) in [5.74, 6) is 0. The molecular weight excluding hydrogens is 268 g/mol. The van der Waals surface area contributed by atoms with Gasteiger partial charge in [-0.3, -0.25) is 0 Å². The highest BCUT2D eigenvalue weighted by Gasteiger charge is 2.07. The Morgan fingerprint density at radius 1 is 0.773 bits per heavy atom. The van der Waals surface area contributed by atoms with Crippen molar-refractivity contribution < 1.29 is 5.11 Å². The molecule has 0 unspecified atom stereocenters. The molecule has 1 heteroatoms. The predicted molar refractivity (Wildman–Crippen MR) is 96.4 cm³/mol. The molecule has 2 rings (SSSR count). The molecule has 0 spiro atoms. The van der Waals surface area contributed by atoms with Crippen LogP contribution in [0.5, 0.6) is 0 Å². The molecule has 1 N–H and O–H groups in total. The average Bonchev–Trinajstić information content (AvgIpc) is 2.56. The van der Waals surface area contributed by atoms with Crippen LogP contribution in [-0.2, 0) is 12.8 Å². The van der Waals surface area contributed by atoms with Gasteiger partial charge in [0.15, 0.2) is 0 Å². The zero-order chi connectivity index (χ0) is 15.6. The minimum absolute atomic E-state index is 0.234. The van der Waals surface area contributed by atoms with Crippen LogP contribution in [0.1, 0.15) is 63.0 Å². The van der Waals surface area contributed by atoms with Crippen molar-refractivity contribution in [3.63, 3.8) is 0 Å². The lowest BCUT2D eigenvalue weighted by Gasteiger charge is -2.12. The van der Waals surface area contributed by atoms with E-state index in [0.29, 0.717) is 0 Å². The van der Waals surface area contributed by atoms with Crippen molar-refractivity contribution in [3.05, 3.63) is 47.5 Å². The fourth-order valence-corrected chi connectivity index (χ4v) is 3.29. The number of unbranched alkanes of at least 4 members (excludes halogenated alkanes) is 6. The summed E-state index contributed by atoms with van der Waals surface area (Å²) in [7, 11) is 0. The number of aliphatic hydroxyl groups excluding tert-OH is 1. The fourth-order valence-electron chi connectivity index (χ4n) is 3.29. The number of hydrogen-bond donors (Lipinski definition) is 1. The van der Waals surface area contributed by atoms with E-state index in [2.05, 4.69) is 43.3 Å².